The first kappa shape index (κ1) is 13.8. The summed E-state index contributed by atoms with van der Waals surface area (Å²) in [4.78, 5) is 23.5. The van der Waals surface area contributed by atoms with Gasteiger partial charge in [-0.3, -0.25) is 4.79 Å². The first-order chi connectivity index (χ1) is 8.93. The SMILES string of the molecule is Cc1cc(=O)n(C(C)C2CCOC2)c(C)c1C(=O)O. The second-order valence-electron chi connectivity index (χ2n) is 5.17. The van der Waals surface area contributed by atoms with Gasteiger partial charge < -0.3 is 14.4 Å². The molecule has 104 valence electrons. The fraction of sp³-hybridized carbons (Fsp3) is 0.571. The van der Waals surface area contributed by atoms with E-state index < -0.39 is 5.97 Å². The van der Waals surface area contributed by atoms with Crippen LogP contribution in [0.15, 0.2) is 10.9 Å². The molecule has 0 radical (unpaired) electrons. The summed E-state index contributed by atoms with van der Waals surface area (Å²) in [6.45, 7) is 6.65. The van der Waals surface area contributed by atoms with Crippen LogP contribution in [-0.4, -0.2) is 28.9 Å². The molecular weight excluding hydrogens is 246 g/mol. The topological polar surface area (TPSA) is 68.5 Å². The van der Waals surface area contributed by atoms with Crippen molar-refractivity contribution in [3.05, 3.63) is 33.2 Å². The summed E-state index contributed by atoms with van der Waals surface area (Å²) in [5, 5.41) is 9.27. The van der Waals surface area contributed by atoms with Crippen LogP contribution < -0.4 is 5.56 Å². The molecule has 19 heavy (non-hydrogen) atoms. The zero-order valence-electron chi connectivity index (χ0n) is 11.5. The summed E-state index contributed by atoms with van der Waals surface area (Å²) in [5.74, 6) is -0.723. The third-order valence-electron chi connectivity index (χ3n) is 3.96. The van der Waals surface area contributed by atoms with E-state index in [1.807, 2.05) is 6.92 Å². The Morgan fingerprint density at radius 3 is 2.74 bits per heavy atom. The van der Waals surface area contributed by atoms with Crippen molar-refractivity contribution in [2.75, 3.05) is 13.2 Å². The molecule has 0 aliphatic carbocycles. The van der Waals surface area contributed by atoms with Gasteiger partial charge in [-0.05, 0) is 32.8 Å². The maximum atomic E-state index is 12.2. The van der Waals surface area contributed by atoms with Crippen molar-refractivity contribution in [3.63, 3.8) is 0 Å². The lowest BCUT2D eigenvalue weighted by molar-refractivity contribution is 0.0693. The summed E-state index contributed by atoms with van der Waals surface area (Å²) in [5.41, 5.74) is 1.13. The molecule has 1 aromatic rings. The summed E-state index contributed by atoms with van der Waals surface area (Å²) < 4.78 is 6.94. The van der Waals surface area contributed by atoms with Crippen LogP contribution in [0.5, 0.6) is 0 Å². The van der Waals surface area contributed by atoms with Gasteiger partial charge in [-0.1, -0.05) is 0 Å². The Bertz CT molecular complexity index is 555. The maximum absolute atomic E-state index is 12.2. The molecule has 0 bridgehead atoms. The number of rotatable bonds is 3. The number of aryl methyl sites for hydroxylation is 1. The third kappa shape index (κ3) is 2.42. The molecule has 1 aliphatic heterocycles. The molecule has 0 aromatic carbocycles. The average molecular weight is 265 g/mol. The number of aromatic carboxylic acids is 1. The molecule has 2 rings (SSSR count). The molecule has 1 aliphatic rings. The highest BCUT2D eigenvalue weighted by Gasteiger charge is 2.27. The van der Waals surface area contributed by atoms with Crippen LogP contribution in [0.25, 0.3) is 0 Å². The van der Waals surface area contributed by atoms with E-state index >= 15 is 0 Å². The predicted octanol–water partition coefficient (Wildman–Crippen LogP) is 1.76. The van der Waals surface area contributed by atoms with Crippen molar-refractivity contribution < 1.29 is 14.6 Å². The fourth-order valence-corrected chi connectivity index (χ4v) is 2.87. The molecule has 5 nitrogen and oxygen atoms in total. The minimum absolute atomic E-state index is 0.0475. The number of hydrogen-bond donors (Lipinski definition) is 1. The number of carboxylic acids is 1. The van der Waals surface area contributed by atoms with Crippen LogP contribution in [0.2, 0.25) is 0 Å². The van der Waals surface area contributed by atoms with Crippen LogP contribution in [0.1, 0.15) is 41.0 Å². The molecule has 2 heterocycles. The van der Waals surface area contributed by atoms with Gasteiger partial charge in [0.05, 0.1) is 12.2 Å². The van der Waals surface area contributed by atoms with Crippen molar-refractivity contribution in [3.8, 4) is 0 Å². The van der Waals surface area contributed by atoms with Gasteiger partial charge in [0.25, 0.3) is 5.56 Å². The lowest BCUT2D eigenvalue weighted by Crippen LogP contribution is -2.31. The molecule has 1 N–H and O–H groups in total. The molecule has 1 saturated heterocycles. The minimum atomic E-state index is -0.987. The molecule has 0 amide bonds. The van der Waals surface area contributed by atoms with E-state index in [-0.39, 0.29) is 23.1 Å². The Labute approximate surface area is 111 Å². The Morgan fingerprint density at radius 2 is 2.21 bits per heavy atom. The number of carboxylic acid groups (broad SMARTS) is 1. The molecule has 2 atom stereocenters. The fourth-order valence-electron chi connectivity index (χ4n) is 2.87. The van der Waals surface area contributed by atoms with E-state index in [0.29, 0.717) is 24.5 Å². The van der Waals surface area contributed by atoms with Crippen molar-refractivity contribution in [2.45, 2.75) is 33.2 Å². The van der Waals surface area contributed by atoms with Crippen LogP contribution in [-0.2, 0) is 4.74 Å². The quantitative estimate of drug-likeness (QED) is 0.904. The van der Waals surface area contributed by atoms with Gasteiger partial charge in [-0.15, -0.1) is 0 Å². The van der Waals surface area contributed by atoms with Gasteiger partial charge in [0.15, 0.2) is 0 Å². The first-order valence-corrected chi connectivity index (χ1v) is 6.47. The lowest BCUT2D eigenvalue weighted by atomic mass is 9.98. The van der Waals surface area contributed by atoms with Gasteiger partial charge in [0.1, 0.15) is 0 Å². The van der Waals surface area contributed by atoms with Crippen molar-refractivity contribution >= 4 is 5.97 Å². The van der Waals surface area contributed by atoms with Gasteiger partial charge in [0, 0.05) is 30.3 Å². The smallest absolute Gasteiger partial charge is 0.337 e. The maximum Gasteiger partial charge on any atom is 0.337 e. The van der Waals surface area contributed by atoms with Crippen LogP contribution in [0.3, 0.4) is 0 Å². The van der Waals surface area contributed by atoms with E-state index in [0.717, 1.165) is 6.42 Å². The van der Waals surface area contributed by atoms with Gasteiger partial charge in [0.2, 0.25) is 0 Å². The van der Waals surface area contributed by atoms with E-state index in [1.54, 1.807) is 18.4 Å². The summed E-state index contributed by atoms with van der Waals surface area (Å²) in [6.07, 6.45) is 0.906. The zero-order chi connectivity index (χ0) is 14.2. The number of carbonyl (C=O) groups is 1. The van der Waals surface area contributed by atoms with Gasteiger partial charge in [-0.2, -0.15) is 0 Å². The standard InChI is InChI=1S/C14H19NO4/c1-8-6-12(16)15(10(3)13(8)14(17)18)9(2)11-4-5-19-7-11/h6,9,11H,4-5,7H2,1-3H3,(H,17,18). The zero-order valence-corrected chi connectivity index (χ0v) is 11.5. The number of hydrogen-bond acceptors (Lipinski definition) is 3. The molecule has 0 spiro atoms. The second kappa shape index (κ2) is 5.17. The number of aromatic nitrogens is 1. The number of ether oxygens (including phenoxy) is 1. The summed E-state index contributed by atoms with van der Waals surface area (Å²) >= 11 is 0. The number of pyridine rings is 1. The van der Waals surface area contributed by atoms with Crippen LogP contribution >= 0.6 is 0 Å². The second-order valence-corrected chi connectivity index (χ2v) is 5.17. The summed E-state index contributed by atoms with van der Waals surface area (Å²) in [7, 11) is 0. The summed E-state index contributed by atoms with van der Waals surface area (Å²) in [6, 6.07) is 1.36. The van der Waals surface area contributed by atoms with Crippen LogP contribution in [0, 0.1) is 19.8 Å². The number of nitrogens with zero attached hydrogens (tertiary/aromatic N) is 1. The normalized spacial score (nSPS) is 20.5. The van der Waals surface area contributed by atoms with E-state index in [4.69, 9.17) is 4.74 Å². The van der Waals surface area contributed by atoms with E-state index in [2.05, 4.69) is 0 Å². The third-order valence-corrected chi connectivity index (χ3v) is 3.96. The van der Waals surface area contributed by atoms with Gasteiger partial charge >= 0.3 is 5.97 Å². The van der Waals surface area contributed by atoms with Crippen molar-refractivity contribution in [2.24, 2.45) is 5.92 Å². The Balaban J connectivity index is 2.53. The highest BCUT2D eigenvalue weighted by Crippen LogP contribution is 2.27. The molecule has 5 heteroatoms. The van der Waals surface area contributed by atoms with E-state index in [9.17, 15) is 14.7 Å². The largest absolute Gasteiger partial charge is 0.478 e. The highest BCUT2D eigenvalue weighted by atomic mass is 16.5. The monoisotopic (exact) mass is 265 g/mol. The lowest BCUT2D eigenvalue weighted by Gasteiger charge is -2.24. The van der Waals surface area contributed by atoms with Crippen LogP contribution in [0.4, 0.5) is 0 Å². The Kier molecular flexibility index (Phi) is 3.75. The Morgan fingerprint density at radius 1 is 1.53 bits per heavy atom. The van der Waals surface area contributed by atoms with Crippen molar-refractivity contribution in [1.29, 1.82) is 0 Å². The first-order valence-electron chi connectivity index (χ1n) is 6.47. The minimum Gasteiger partial charge on any atom is -0.478 e. The van der Waals surface area contributed by atoms with E-state index in [1.165, 1.54) is 6.07 Å². The molecule has 1 aromatic heterocycles. The Hall–Kier alpha value is -1.62. The predicted molar refractivity (Wildman–Crippen MR) is 70.8 cm³/mol. The molecule has 0 saturated carbocycles. The molecule has 2 unspecified atom stereocenters. The molecular formula is C14H19NO4. The van der Waals surface area contributed by atoms with Crippen molar-refractivity contribution in [1.82, 2.24) is 4.57 Å². The highest BCUT2D eigenvalue weighted by molar-refractivity contribution is 5.90. The molecule has 1 fully saturated rings. The average Bonchev–Trinajstić information content (AvgIpc) is 2.80. The van der Waals surface area contributed by atoms with Gasteiger partial charge in [-0.25, -0.2) is 4.79 Å².